The predicted molar refractivity (Wildman–Crippen MR) is 143 cm³/mol. The number of carbonyl (C=O) groups is 2. The third-order valence-electron chi connectivity index (χ3n) is 5.62. The van der Waals surface area contributed by atoms with Crippen LogP contribution in [0.25, 0.3) is 6.08 Å². The summed E-state index contributed by atoms with van der Waals surface area (Å²) in [6.45, 7) is 13.4. The van der Waals surface area contributed by atoms with Crippen LogP contribution in [-0.4, -0.2) is 25.3 Å². The molecule has 0 saturated heterocycles. The van der Waals surface area contributed by atoms with Gasteiger partial charge in [-0.05, 0) is 90.2 Å². The van der Waals surface area contributed by atoms with Crippen molar-refractivity contribution in [2.24, 2.45) is 11.8 Å². The van der Waals surface area contributed by atoms with Crippen molar-refractivity contribution in [3.8, 4) is 5.75 Å². The van der Waals surface area contributed by atoms with Crippen molar-refractivity contribution in [3.05, 3.63) is 59.2 Å². The van der Waals surface area contributed by atoms with Gasteiger partial charge in [-0.2, -0.15) is 0 Å². The quantitative estimate of drug-likeness (QED) is 0.108. The molecule has 0 radical (unpaired) electrons. The van der Waals surface area contributed by atoms with E-state index in [1.807, 2.05) is 6.07 Å². The van der Waals surface area contributed by atoms with E-state index in [0.717, 1.165) is 38.5 Å². The zero-order chi connectivity index (χ0) is 26.1. The van der Waals surface area contributed by atoms with Gasteiger partial charge in [0.25, 0.3) is 0 Å². The van der Waals surface area contributed by atoms with Crippen molar-refractivity contribution in [1.82, 2.24) is 0 Å². The number of ether oxygens (including phenoxy) is 3. The Morgan fingerprint density at radius 3 is 1.91 bits per heavy atom. The number of hydrogen-bond donors (Lipinski definition) is 0. The molecule has 2 unspecified atom stereocenters. The Balaban J connectivity index is 2.42. The van der Waals surface area contributed by atoms with Gasteiger partial charge < -0.3 is 14.2 Å². The molecule has 194 valence electrons. The van der Waals surface area contributed by atoms with E-state index < -0.39 is 12.1 Å². The number of allylic oxidation sites excluding steroid dienone is 4. The molecule has 1 aromatic carbocycles. The molecule has 1 aromatic rings. The van der Waals surface area contributed by atoms with Gasteiger partial charge in [-0.3, -0.25) is 0 Å². The summed E-state index contributed by atoms with van der Waals surface area (Å²) in [7, 11) is 0. The molecule has 35 heavy (non-hydrogen) atoms. The normalized spacial score (nSPS) is 12.5. The predicted octanol–water partition coefficient (Wildman–Crippen LogP) is 8.30. The van der Waals surface area contributed by atoms with Crippen LogP contribution in [0.1, 0.15) is 85.6 Å². The lowest BCUT2D eigenvalue weighted by Gasteiger charge is -2.11. The number of rotatable bonds is 15. The summed E-state index contributed by atoms with van der Waals surface area (Å²) in [6, 6.07) is 7.01. The fraction of sp³-hybridized carbons (Fsp3) is 0.533. The molecule has 0 amide bonds. The highest BCUT2D eigenvalue weighted by atomic mass is 16.7. The first-order valence-electron chi connectivity index (χ1n) is 12.7. The minimum atomic E-state index is -0.743. The zero-order valence-corrected chi connectivity index (χ0v) is 22.5. The molecule has 0 aliphatic carbocycles. The van der Waals surface area contributed by atoms with Crippen molar-refractivity contribution in [2.75, 3.05) is 13.2 Å². The highest BCUT2D eigenvalue weighted by molar-refractivity contribution is 5.87. The van der Waals surface area contributed by atoms with E-state index in [2.05, 4.69) is 53.7 Å². The molecule has 0 aliphatic rings. The van der Waals surface area contributed by atoms with Crippen LogP contribution in [0.5, 0.6) is 5.75 Å². The lowest BCUT2D eigenvalue weighted by Crippen LogP contribution is -2.13. The monoisotopic (exact) mass is 484 g/mol. The van der Waals surface area contributed by atoms with Gasteiger partial charge in [-0.15, -0.1) is 0 Å². The van der Waals surface area contributed by atoms with E-state index in [4.69, 9.17) is 14.2 Å². The van der Waals surface area contributed by atoms with Crippen LogP contribution in [0.15, 0.2) is 53.6 Å². The fourth-order valence-corrected chi connectivity index (χ4v) is 3.34. The van der Waals surface area contributed by atoms with Crippen LogP contribution in [0.4, 0.5) is 4.79 Å². The number of esters is 1. The summed E-state index contributed by atoms with van der Waals surface area (Å²) < 4.78 is 15.9. The van der Waals surface area contributed by atoms with Crippen LogP contribution in [0, 0.1) is 11.8 Å². The highest BCUT2D eigenvalue weighted by Crippen LogP contribution is 2.20. The fourth-order valence-electron chi connectivity index (χ4n) is 3.34. The molecule has 0 spiro atoms. The molecule has 0 fully saturated rings. The van der Waals surface area contributed by atoms with E-state index in [9.17, 15) is 9.59 Å². The van der Waals surface area contributed by atoms with E-state index >= 15 is 0 Å². The minimum Gasteiger partial charge on any atom is -0.463 e. The van der Waals surface area contributed by atoms with Crippen molar-refractivity contribution in [2.45, 2.75) is 80.1 Å². The van der Waals surface area contributed by atoms with Gasteiger partial charge in [0.2, 0.25) is 0 Å². The third-order valence-corrected chi connectivity index (χ3v) is 5.62. The van der Waals surface area contributed by atoms with Gasteiger partial charge in [-0.1, -0.05) is 55.3 Å². The largest absolute Gasteiger partial charge is 0.513 e. The molecule has 1 rings (SSSR count). The van der Waals surface area contributed by atoms with E-state index in [1.54, 1.807) is 24.3 Å². The van der Waals surface area contributed by atoms with Gasteiger partial charge in [-0.25, -0.2) is 9.59 Å². The van der Waals surface area contributed by atoms with Crippen molar-refractivity contribution in [1.29, 1.82) is 0 Å². The van der Waals surface area contributed by atoms with Gasteiger partial charge in [0.15, 0.2) is 0 Å². The minimum absolute atomic E-state index is 0.311. The molecular weight excluding hydrogens is 440 g/mol. The molecule has 0 heterocycles. The standard InChI is InChI=1S/C30H44O5/c1-23(2)11-9-13-25(5)19-21-33-29(31)18-17-27-15-7-8-16-28(27)35-30(32)34-22-20-26(6)14-10-12-24(3)4/h7-8,11-12,15-18,25-26H,9-10,13-14,19-22H2,1-6H3/b18-17+. The molecular formula is C30H44O5. The smallest absolute Gasteiger partial charge is 0.463 e. The SMILES string of the molecule is CC(C)=CCCC(C)CCOC(=O)/C=C/c1ccccc1OC(=O)OCCC(C)CCC=C(C)C. The number of para-hydroxylation sites is 1. The maximum absolute atomic E-state index is 12.1. The first-order chi connectivity index (χ1) is 16.7. The van der Waals surface area contributed by atoms with Crippen LogP contribution in [0.2, 0.25) is 0 Å². The maximum Gasteiger partial charge on any atom is 0.513 e. The summed E-state index contributed by atoms with van der Waals surface area (Å²) >= 11 is 0. The van der Waals surface area contributed by atoms with E-state index in [-0.39, 0.29) is 0 Å². The Morgan fingerprint density at radius 2 is 1.34 bits per heavy atom. The average molecular weight is 485 g/mol. The average Bonchev–Trinajstić information content (AvgIpc) is 2.78. The zero-order valence-electron chi connectivity index (χ0n) is 22.5. The Kier molecular flexibility index (Phi) is 15.2. The number of carbonyl (C=O) groups excluding carboxylic acids is 2. The van der Waals surface area contributed by atoms with Crippen LogP contribution < -0.4 is 4.74 Å². The van der Waals surface area contributed by atoms with Crippen molar-refractivity contribution in [3.63, 3.8) is 0 Å². The molecule has 0 bridgehead atoms. The molecule has 5 heteroatoms. The van der Waals surface area contributed by atoms with E-state index in [1.165, 1.54) is 17.2 Å². The van der Waals surface area contributed by atoms with Crippen molar-refractivity contribution < 1.29 is 23.8 Å². The summed E-state index contributed by atoms with van der Waals surface area (Å²) in [6.07, 6.45) is 12.5. The first kappa shape index (κ1) is 30.2. The van der Waals surface area contributed by atoms with Gasteiger partial charge in [0.1, 0.15) is 5.75 Å². The van der Waals surface area contributed by atoms with Crippen LogP contribution in [0.3, 0.4) is 0 Å². The molecule has 0 saturated carbocycles. The Morgan fingerprint density at radius 1 is 0.800 bits per heavy atom. The molecule has 0 aliphatic heterocycles. The lowest BCUT2D eigenvalue weighted by molar-refractivity contribution is -0.138. The topological polar surface area (TPSA) is 61.8 Å². The Hall–Kier alpha value is -2.82. The summed E-state index contributed by atoms with van der Waals surface area (Å²) in [5.74, 6) is 0.870. The van der Waals surface area contributed by atoms with Gasteiger partial charge >= 0.3 is 12.1 Å². The number of hydrogen-bond acceptors (Lipinski definition) is 5. The molecule has 5 nitrogen and oxygen atoms in total. The summed E-state index contributed by atoms with van der Waals surface area (Å²) in [5, 5.41) is 0. The van der Waals surface area contributed by atoms with Crippen molar-refractivity contribution >= 4 is 18.2 Å². The molecule has 0 aromatic heterocycles. The summed E-state index contributed by atoms with van der Waals surface area (Å²) in [4.78, 5) is 24.2. The van der Waals surface area contributed by atoms with Crippen LogP contribution >= 0.6 is 0 Å². The molecule has 0 N–H and O–H groups in total. The lowest BCUT2D eigenvalue weighted by atomic mass is 10.0. The highest BCUT2D eigenvalue weighted by Gasteiger charge is 2.11. The second-order valence-electron chi connectivity index (χ2n) is 9.74. The maximum atomic E-state index is 12.1. The molecule has 2 atom stereocenters. The summed E-state index contributed by atoms with van der Waals surface area (Å²) in [5.41, 5.74) is 3.25. The second kappa shape index (κ2) is 17.6. The van der Waals surface area contributed by atoms with Gasteiger partial charge in [0, 0.05) is 11.6 Å². The van der Waals surface area contributed by atoms with Crippen LogP contribution in [-0.2, 0) is 14.3 Å². The second-order valence-corrected chi connectivity index (χ2v) is 9.74. The van der Waals surface area contributed by atoms with Gasteiger partial charge in [0.05, 0.1) is 13.2 Å². The Labute approximate surface area is 212 Å². The third kappa shape index (κ3) is 15.7. The number of benzene rings is 1. The first-order valence-corrected chi connectivity index (χ1v) is 12.7. The Bertz CT molecular complexity index is 857. The van der Waals surface area contributed by atoms with E-state index in [0.29, 0.717) is 36.4 Å².